The average Bonchev–Trinajstić information content (AvgIpc) is 3.74. The Balaban J connectivity index is 1.22. The first kappa shape index (κ1) is 35.7. The van der Waals surface area contributed by atoms with Crippen molar-refractivity contribution in [3.63, 3.8) is 0 Å². The van der Waals surface area contributed by atoms with Crippen molar-refractivity contribution in [3.8, 4) is 28.2 Å². The molecule has 9 aromatic rings. The van der Waals surface area contributed by atoms with E-state index < -0.39 is 0 Å². The Morgan fingerprint density at radius 2 is 1.26 bits per heavy atom. The number of hydrogen-bond donors (Lipinski definition) is 0. The van der Waals surface area contributed by atoms with Crippen molar-refractivity contribution < 1.29 is 4.42 Å². The number of benzene rings is 7. The molecular formula is C54H52N2O. The minimum absolute atomic E-state index is 0.129. The predicted octanol–water partition coefficient (Wildman–Crippen LogP) is 15.6. The summed E-state index contributed by atoms with van der Waals surface area (Å²) in [6.07, 6.45) is 3.69. The van der Waals surface area contributed by atoms with Gasteiger partial charge < -0.3 is 4.42 Å². The zero-order valence-electron chi connectivity index (χ0n) is 34.6. The lowest BCUT2D eigenvalue weighted by Gasteiger charge is -2.31. The quantitative estimate of drug-likeness (QED) is 0.130. The number of nitrogens with zero attached hydrogens (tertiary/aromatic N) is 2. The van der Waals surface area contributed by atoms with Gasteiger partial charge in [0.05, 0.1) is 22.3 Å². The molecule has 0 saturated heterocycles. The molecule has 2 aromatic heterocycles. The van der Waals surface area contributed by atoms with Crippen LogP contribution in [-0.4, -0.2) is 9.55 Å². The highest BCUT2D eigenvalue weighted by molar-refractivity contribution is 6.17. The molecule has 0 unspecified atom stereocenters. The molecule has 0 spiro atoms. The molecule has 0 aliphatic heterocycles. The van der Waals surface area contributed by atoms with Crippen LogP contribution >= 0.6 is 0 Å². The van der Waals surface area contributed by atoms with Gasteiger partial charge in [-0.25, -0.2) is 4.98 Å². The van der Waals surface area contributed by atoms with E-state index in [0.717, 1.165) is 44.4 Å². The normalized spacial score (nSPS) is 15.4. The van der Waals surface area contributed by atoms with Crippen molar-refractivity contribution in [2.75, 3.05) is 0 Å². The molecule has 1 aliphatic carbocycles. The zero-order chi connectivity index (χ0) is 39.4. The van der Waals surface area contributed by atoms with Crippen LogP contribution in [0.4, 0.5) is 0 Å². The van der Waals surface area contributed by atoms with Crippen LogP contribution in [0.3, 0.4) is 0 Å². The summed E-state index contributed by atoms with van der Waals surface area (Å²) in [5, 5.41) is 7.13. The van der Waals surface area contributed by atoms with Crippen molar-refractivity contribution >= 4 is 54.5 Å². The van der Waals surface area contributed by atoms with Crippen LogP contribution in [-0.2, 0) is 10.8 Å². The van der Waals surface area contributed by atoms with Crippen LogP contribution in [0.2, 0.25) is 0 Å². The van der Waals surface area contributed by atoms with E-state index in [4.69, 9.17) is 9.40 Å². The lowest BCUT2D eigenvalue weighted by atomic mass is 9.74. The molecule has 3 nitrogen and oxygen atoms in total. The molecular weight excluding hydrogens is 693 g/mol. The molecule has 10 rings (SSSR count). The summed E-state index contributed by atoms with van der Waals surface area (Å²) < 4.78 is 9.39. The Kier molecular flexibility index (Phi) is 8.10. The standard InChI is InChI=1S/C54H52N2O/c1-32(2)41-28-37(35-23-24-45-46(30-35)54(7,8)26-14-25-53(45,5)6)29-42(33(3)4)50(41)56-48-20-12-11-19-47(48)55-52(56)40-18-13-17-39-44-27-36-22-21-34-15-9-10-16-38(34)43(36)31-49(44)57-51(39)40/h9-13,15-24,27-33H,14,25-26H2,1-8H3. The number of fused-ring (bicyclic) bond motifs is 8. The average molecular weight is 745 g/mol. The molecule has 57 heavy (non-hydrogen) atoms. The van der Waals surface area contributed by atoms with Gasteiger partial charge in [0.2, 0.25) is 0 Å². The van der Waals surface area contributed by atoms with E-state index in [2.05, 4.69) is 181 Å². The van der Waals surface area contributed by atoms with Crippen LogP contribution in [0.15, 0.2) is 126 Å². The largest absolute Gasteiger partial charge is 0.455 e. The Morgan fingerprint density at radius 3 is 2.04 bits per heavy atom. The van der Waals surface area contributed by atoms with Crippen LogP contribution in [0, 0.1) is 0 Å². The Morgan fingerprint density at radius 1 is 0.579 bits per heavy atom. The third kappa shape index (κ3) is 5.64. The molecule has 284 valence electrons. The molecule has 1 aliphatic rings. The van der Waals surface area contributed by atoms with Gasteiger partial charge in [-0.3, -0.25) is 4.57 Å². The van der Waals surface area contributed by atoms with E-state index >= 15 is 0 Å². The molecule has 2 heterocycles. The van der Waals surface area contributed by atoms with Crippen LogP contribution in [0.1, 0.15) is 109 Å². The number of para-hydroxylation sites is 3. The third-order valence-corrected chi connectivity index (χ3v) is 13.2. The van der Waals surface area contributed by atoms with Crippen molar-refractivity contribution in [1.29, 1.82) is 0 Å². The van der Waals surface area contributed by atoms with Crippen molar-refractivity contribution in [2.45, 2.75) is 97.3 Å². The van der Waals surface area contributed by atoms with Gasteiger partial charge in [-0.15, -0.1) is 0 Å². The third-order valence-electron chi connectivity index (χ3n) is 13.2. The number of furan rings is 1. The number of hydrogen-bond acceptors (Lipinski definition) is 2. The second-order valence-corrected chi connectivity index (χ2v) is 18.6. The van der Waals surface area contributed by atoms with Gasteiger partial charge in [-0.05, 0) is 133 Å². The summed E-state index contributed by atoms with van der Waals surface area (Å²) in [6, 6.07) is 45.0. The lowest BCUT2D eigenvalue weighted by molar-refractivity contribution is 0.433. The van der Waals surface area contributed by atoms with Crippen molar-refractivity contribution in [3.05, 3.63) is 144 Å². The van der Waals surface area contributed by atoms with Gasteiger partial charge in [0.1, 0.15) is 17.0 Å². The van der Waals surface area contributed by atoms with E-state index in [9.17, 15) is 0 Å². The van der Waals surface area contributed by atoms with Crippen LogP contribution in [0.25, 0.3) is 82.7 Å². The number of aromatic nitrogens is 2. The van der Waals surface area contributed by atoms with Gasteiger partial charge in [0.15, 0.2) is 0 Å². The highest BCUT2D eigenvalue weighted by Crippen LogP contribution is 2.47. The van der Waals surface area contributed by atoms with E-state index in [1.165, 1.54) is 79.9 Å². The van der Waals surface area contributed by atoms with Crippen LogP contribution in [0.5, 0.6) is 0 Å². The number of rotatable bonds is 5. The van der Waals surface area contributed by atoms with E-state index in [1.54, 1.807) is 0 Å². The fourth-order valence-corrected chi connectivity index (χ4v) is 10.0. The maximum absolute atomic E-state index is 6.95. The Bertz CT molecular complexity index is 3030. The highest BCUT2D eigenvalue weighted by Gasteiger charge is 2.35. The summed E-state index contributed by atoms with van der Waals surface area (Å²) in [6.45, 7) is 19.1. The van der Waals surface area contributed by atoms with Gasteiger partial charge in [0, 0.05) is 10.8 Å². The molecule has 0 atom stereocenters. The summed E-state index contributed by atoms with van der Waals surface area (Å²) in [5.41, 5.74) is 14.6. The van der Waals surface area contributed by atoms with Gasteiger partial charge in [-0.1, -0.05) is 141 Å². The second-order valence-electron chi connectivity index (χ2n) is 18.6. The van der Waals surface area contributed by atoms with E-state index in [0.29, 0.717) is 0 Å². The number of imidazole rings is 1. The SMILES string of the molecule is CC(C)c1cc(-c2ccc3c(c2)C(C)(C)CCCC3(C)C)cc(C(C)C)c1-n1c(-c2cccc3c2oc2cc4c(ccc5ccccc54)cc23)nc2ccccc21. The molecule has 0 radical (unpaired) electrons. The summed E-state index contributed by atoms with van der Waals surface area (Å²) in [7, 11) is 0. The lowest BCUT2D eigenvalue weighted by Crippen LogP contribution is -2.22. The first-order valence-corrected chi connectivity index (χ1v) is 21.0. The zero-order valence-corrected chi connectivity index (χ0v) is 34.6. The monoisotopic (exact) mass is 744 g/mol. The topological polar surface area (TPSA) is 31.0 Å². The van der Waals surface area contributed by atoms with Crippen LogP contribution < -0.4 is 0 Å². The molecule has 7 aromatic carbocycles. The molecule has 0 fully saturated rings. The minimum atomic E-state index is 0.129. The summed E-state index contributed by atoms with van der Waals surface area (Å²) >= 11 is 0. The molecule has 0 N–H and O–H groups in total. The highest BCUT2D eigenvalue weighted by atomic mass is 16.3. The fourth-order valence-electron chi connectivity index (χ4n) is 10.0. The molecule has 0 saturated carbocycles. The molecule has 3 heteroatoms. The second kappa shape index (κ2) is 12.9. The Hall–Kier alpha value is -5.67. The predicted molar refractivity (Wildman–Crippen MR) is 242 cm³/mol. The Labute approximate surface area is 336 Å². The summed E-state index contributed by atoms with van der Waals surface area (Å²) in [4.78, 5) is 5.45. The minimum Gasteiger partial charge on any atom is -0.455 e. The van der Waals surface area contributed by atoms with Gasteiger partial charge >= 0.3 is 0 Å². The smallest absolute Gasteiger partial charge is 0.149 e. The van der Waals surface area contributed by atoms with Crippen molar-refractivity contribution in [1.82, 2.24) is 9.55 Å². The van der Waals surface area contributed by atoms with Gasteiger partial charge in [-0.2, -0.15) is 0 Å². The molecule has 0 bridgehead atoms. The summed E-state index contributed by atoms with van der Waals surface area (Å²) in [5.74, 6) is 1.44. The maximum Gasteiger partial charge on any atom is 0.149 e. The fraction of sp³-hybridized carbons (Fsp3) is 0.278. The first-order valence-electron chi connectivity index (χ1n) is 21.0. The van der Waals surface area contributed by atoms with E-state index in [-0.39, 0.29) is 22.7 Å². The molecule has 0 amide bonds. The van der Waals surface area contributed by atoms with Crippen molar-refractivity contribution in [2.24, 2.45) is 0 Å². The van der Waals surface area contributed by atoms with Gasteiger partial charge in [0.25, 0.3) is 0 Å². The maximum atomic E-state index is 6.95. The first-order chi connectivity index (χ1) is 27.4. The van der Waals surface area contributed by atoms with E-state index in [1.807, 2.05) is 0 Å².